The molecule has 1 aromatic rings. The molecule has 1 aliphatic rings. The van der Waals surface area contributed by atoms with Gasteiger partial charge in [0, 0.05) is 18.2 Å². The lowest BCUT2D eigenvalue weighted by Crippen LogP contribution is -2.44. The van der Waals surface area contributed by atoms with Crippen molar-refractivity contribution in [1.29, 1.82) is 0 Å². The van der Waals surface area contributed by atoms with Crippen molar-refractivity contribution in [2.45, 2.75) is 45.2 Å². The van der Waals surface area contributed by atoms with Crippen molar-refractivity contribution in [3.05, 3.63) is 35.4 Å². The predicted octanol–water partition coefficient (Wildman–Crippen LogP) is 3.30. The molecule has 1 saturated carbocycles. The average Bonchev–Trinajstić information content (AvgIpc) is 2.49. The molecule has 2 rings (SSSR count). The Morgan fingerprint density at radius 1 is 1.25 bits per heavy atom. The Hall–Kier alpha value is -1.00. The number of rotatable bonds is 5. The maximum absolute atomic E-state index is 13.8. The van der Waals surface area contributed by atoms with E-state index >= 15 is 0 Å². The summed E-state index contributed by atoms with van der Waals surface area (Å²) < 4.78 is 27.1. The Kier molecular flexibility index (Phi) is 5.49. The Labute approximate surface area is 120 Å². The Bertz CT molecular complexity index is 436. The van der Waals surface area contributed by atoms with Gasteiger partial charge in [-0.3, -0.25) is 4.90 Å². The van der Waals surface area contributed by atoms with E-state index in [1.54, 1.807) is 12.1 Å². The molecule has 0 spiro atoms. The van der Waals surface area contributed by atoms with Gasteiger partial charge < -0.3 is 5.73 Å². The van der Waals surface area contributed by atoms with Crippen LogP contribution in [-0.2, 0) is 6.54 Å². The van der Waals surface area contributed by atoms with Crippen molar-refractivity contribution in [3.8, 4) is 0 Å². The Morgan fingerprint density at radius 2 is 2.00 bits per heavy atom. The molecule has 2 atom stereocenters. The third kappa shape index (κ3) is 3.36. The van der Waals surface area contributed by atoms with Gasteiger partial charge in [-0.1, -0.05) is 31.9 Å². The zero-order valence-corrected chi connectivity index (χ0v) is 12.1. The van der Waals surface area contributed by atoms with Crippen molar-refractivity contribution in [1.82, 2.24) is 4.90 Å². The molecule has 0 amide bonds. The number of hydrogen-bond acceptors (Lipinski definition) is 2. The molecule has 0 bridgehead atoms. The van der Waals surface area contributed by atoms with Gasteiger partial charge in [-0.2, -0.15) is 0 Å². The van der Waals surface area contributed by atoms with E-state index in [0.29, 0.717) is 30.6 Å². The summed E-state index contributed by atoms with van der Waals surface area (Å²) in [6.45, 7) is 4.03. The molecule has 0 aliphatic heterocycles. The summed E-state index contributed by atoms with van der Waals surface area (Å²) in [4.78, 5) is 2.24. The SMILES string of the molecule is CCN(Cc1cccc(F)c1F)C1CCCCC1CN. The first-order valence-electron chi connectivity index (χ1n) is 7.54. The van der Waals surface area contributed by atoms with E-state index in [-0.39, 0.29) is 0 Å². The standard InChI is InChI=1S/C16H24F2N2/c1-2-20(15-9-4-3-6-12(15)10-19)11-13-7-5-8-14(17)16(13)18/h5,7-8,12,15H,2-4,6,9-11,19H2,1H3. The Morgan fingerprint density at radius 3 is 2.70 bits per heavy atom. The van der Waals surface area contributed by atoms with Crippen molar-refractivity contribution in [3.63, 3.8) is 0 Å². The van der Waals surface area contributed by atoms with Crippen LogP contribution in [0.2, 0.25) is 0 Å². The van der Waals surface area contributed by atoms with Crippen LogP contribution in [0.4, 0.5) is 8.78 Å². The van der Waals surface area contributed by atoms with Gasteiger partial charge in [0.2, 0.25) is 0 Å². The van der Waals surface area contributed by atoms with Crippen LogP contribution in [0.5, 0.6) is 0 Å². The molecule has 4 heteroatoms. The third-order valence-corrected chi connectivity index (χ3v) is 4.45. The second-order valence-corrected chi connectivity index (χ2v) is 5.62. The van der Waals surface area contributed by atoms with E-state index in [1.165, 1.54) is 18.9 Å². The summed E-state index contributed by atoms with van der Waals surface area (Å²) in [5.41, 5.74) is 6.31. The monoisotopic (exact) mass is 282 g/mol. The van der Waals surface area contributed by atoms with Crippen molar-refractivity contribution < 1.29 is 8.78 Å². The number of hydrogen-bond donors (Lipinski definition) is 1. The zero-order valence-electron chi connectivity index (χ0n) is 12.1. The van der Waals surface area contributed by atoms with Crippen molar-refractivity contribution in [2.24, 2.45) is 11.7 Å². The summed E-state index contributed by atoms with van der Waals surface area (Å²) >= 11 is 0. The first-order valence-corrected chi connectivity index (χ1v) is 7.54. The highest BCUT2D eigenvalue weighted by Crippen LogP contribution is 2.29. The highest BCUT2D eigenvalue weighted by Gasteiger charge is 2.29. The quantitative estimate of drug-likeness (QED) is 0.898. The van der Waals surface area contributed by atoms with E-state index in [2.05, 4.69) is 11.8 Å². The molecule has 1 aliphatic carbocycles. The molecule has 112 valence electrons. The van der Waals surface area contributed by atoms with Crippen LogP contribution >= 0.6 is 0 Å². The Balaban J connectivity index is 2.13. The number of halogens is 2. The van der Waals surface area contributed by atoms with Crippen LogP contribution in [0.15, 0.2) is 18.2 Å². The first-order chi connectivity index (χ1) is 9.67. The average molecular weight is 282 g/mol. The van der Waals surface area contributed by atoms with Gasteiger partial charge in [-0.05, 0) is 37.9 Å². The molecule has 1 fully saturated rings. The smallest absolute Gasteiger partial charge is 0.163 e. The lowest BCUT2D eigenvalue weighted by atomic mass is 9.83. The zero-order chi connectivity index (χ0) is 14.5. The lowest BCUT2D eigenvalue weighted by molar-refractivity contribution is 0.104. The molecule has 2 N–H and O–H groups in total. The molecule has 0 radical (unpaired) electrons. The largest absolute Gasteiger partial charge is 0.330 e. The molecule has 0 aromatic heterocycles. The third-order valence-electron chi connectivity index (χ3n) is 4.45. The maximum Gasteiger partial charge on any atom is 0.163 e. The van der Waals surface area contributed by atoms with Gasteiger partial charge >= 0.3 is 0 Å². The second kappa shape index (κ2) is 7.14. The molecule has 0 saturated heterocycles. The minimum Gasteiger partial charge on any atom is -0.330 e. The minimum absolute atomic E-state index is 0.390. The van der Waals surface area contributed by atoms with Gasteiger partial charge in [0.05, 0.1) is 0 Å². The van der Waals surface area contributed by atoms with Gasteiger partial charge in [-0.25, -0.2) is 8.78 Å². The normalized spacial score (nSPS) is 23.2. The molecular formula is C16H24F2N2. The fraction of sp³-hybridized carbons (Fsp3) is 0.625. The van der Waals surface area contributed by atoms with Gasteiger partial charge in [0.25, 0.3) is 0 Å². The van der Waals surface area contributed by atoms with E-state index in [4.69, 9.17) is 5.73 Å². The maximum atomic E-state index is 13.8. The van der Waals surface area contributed by atoms with E-state index < -0.39 is 11.6 Å². The van der Waals surface area contributed by atoms with Crippen molar-refractivity contribution in [2.75, 3.05) is 13.1 Å². The summed E-state index contributed by atoms with van der Waals surface area (Å²) in [5.74, 6) is -1.01. The van der Waals surface area contributed by atoms with E-state index in [9.17, 15) is 8.78 Å². The topological polar surface area (TPSA) is 29.3 Å². The number of nitrogens with two attached hydrogens (primary N) is 1. The molecule has 1 aromatic carbocycles. The van der Waals surface area contributed by atoms with Crippen LogP contribution in [0, 0.1) is 17.6 Å². The number of benzene rings is 1. The first kappa shape index (κ1) is 15.4. The number of nitrogens with zero attached hydrogens (tertiary/aromatic N) is 1. The predicted molar refractivity (Wildman–Crippen MR) is 77.2 cm³/mol. The second-order valence-electron chi connectivity index (χ2n) is 5.62. The fourth-order valence-corrected chi connectivity index (χ4v) is 3.30. The lowest BCUT2D eigenvalue weighted by Gasteiger charge is -2.39. The molecule has 0 heterocycles. The summed E-state index contributed by atoms with van der Waals surface area (Å²) in [5, 5.41) is 0. The minimum atomic E-state index is -0.766. The van der Waals surface area contributed by atoms with Crippen LogP contribution in [0.3, 0.4) is 0 Å². The molecule has 2 nitrogen and oxygen atoms in total. The van der Waals surface area contributed by atoms with Crippen LogP contribution in [0.25, 0.3) is 0 Å². The van der Waals surface area contributed by atoms with Gasteiger partial charge in [0.15, 0.2) is 11.6 Å². The summed E-state index contributed by atoms with van der Waals surface area (Å²) in [7, 11) is 0. The van der Waals surface area contributed by atoms with Crippen molar-refractivity contribution >= 4 is 0 Å². The highest BCUT2D eigenvalue weighted by molar-refractivity contribution is 5.19. The van der Waals surface area contributed by atoms with Crippen LogP contribution < -0.4 is 5.73 Å². The molecular weight excluding hydrogens is 258 g/mol. The highest BCUT2D eigenvalue weighted by atomic mass is 19.2. The molecule has 20 heavy (non-hydrogen) atoms. The molecule has 2 unspecified atom stereocenters. The summed E-state index contributed by atoms with van der Waals surface area (Å²) in [6.07, 6.45) is 4.67. The van der Waals surface area contributed by atoms with Crippen LogP contribution in [-0.4, -0.2) is 24.0 Å². The van der Waals surface area contributed by atoms with E-state index in [0.717, 1.165) is 19.4 Å². The fourth-order valence-electron chi connectivity index (χ4n) is 3.30. The summed E-state index contributed by atoms with van der Waals surface area (Å²) in [6, 6.07) is 4.80. The van der Waals surface area contributed by atoms with Crippen LogP contribution in [0.1, 0.15) is 38.2 Å². The van der Waals surface area contributed by atoms with Gasteiger partial charge in [-0.15, -0.1) is 0 Å². The van der Waals surface area contributed by atoms with E-state index in [1.807, 2.05) is 0 Å². The van der Waals surface area contributed by atoms with Gasteiger partial charge in [0.1, 0.15) is 0 Å².